The zero-order chi connectivity index (χ0) is 28.4. The highest BCUT2D eigenvalue weighted by Gasteiger charge is 2.00. The molecule has 198 valence electrons. The number of rotatable bonds is 5. The van der Waals surface area contributed by atoms with E-state index in [4.69, 9.17) is 0 Å². The van der Waals surface area contributed by atoms with Gasteiger partial charge in [-0.25, -0.2) is 0 Å². The van der Waals surface area contributed by atoms with Gasteiger partial charge in [0.05, 0.1) is 0 Å². The lowest BCUT2D eigenvalue weighted by atomic mass is 9.98. The molecule has 3 aromatic rings. The third-order valence-electron chi connectivity index (χ3n) is 4.80. The highest BCUT2D eigenvalue weighted by molar-refractivity contribution is 5.70. The quantitative estimate of drug-likeness (QED) is 0.314. The van der Waals surface area contributed by atoms with Gasteiger partial charge in [-0.15, -0.1) is 26.3 Å². The Balaban J connectivity index is -0.000000475. The van der Waals surface area contributed by atoms with Crippen molar-refractivity contribution in [3.05, 3.63) is 128 Å². The van der Waals surface area contributed by atoms with Crippen LogP contribution in [0.3, 0.4) is 0 Å². The Kier molecular flexibility index (Phi) is 27.5. The molecule has 0 nitrogen and oxygen atoms in total. The lowest BCUT2D eigenvalue weighted by molar-refractivity contribution is 0.920. The van der Waals surface area contributed by atoms with Gasteiger partial charge in [0, 0.05) is 0 Å². The van der Waals surface area contributed by atoms with Gasteiger partial charge >= 0.3 is 0 Å². The van der Waals surface area contributed by atoms with Crippen molar-refractivity contribution >= 4 is 5.57 Å². The molecule has 0 spiro atoms. The van der Waals surface area contributed by atoms with Crippen molar-refractivity contribution in [2.45, 2.75) is 81.1 Å². The molecule has 0 unspecified atom stereocenters. The van der Waals surface area contributed by atoms with Crippen LogP contribution in [0.4, 0.5) is 0 Å². The van der Waals surface area contributed by atoms with E-state index in [-0.39, 0.29) is 0 Å². The second-order valence-electron chi connectivity index (χ2n) is 7.80. The van der Waals surface area contributed by atoms with Crippen LogP contribution in [0, 0.1) is 6.92 Å². The molecule has 0 saturated carbocycles. The van der Waals surface area contributed by atoms with Crippen LogP contribution in [0.25, 0.3) is 16.7 Å². The van der Waals surface area contributed by atoms with Gasteiger partial charge in [0.25, 0.3) is 0 Å². The number of hydrogen-bond acceptors (Lipinski definition) is 0. The Hall–Kier alpha value is -3.12. The maximum absolute atomic E-state index is 3.95. The maximum atomic E-state index is 3.95. The Morgan fingerprint density at radius 2 is 1.11 bits per heavy atom. The highest BCUT2D eigenvalue weighted by atomic mass is 14.1. The Labute approximate surface area is 225 Å². The fourth-order valence-corrected chi connectivity index (χ4v) is 3.06. The standard InChI is InChI=1S/C16H16.C11H16.C3H8.C2H6.2C2H4/c1-12(2)14-8-10-15(11-9-14)16-7-5-4-6-13(16)3;1-3-5-11-8-6-10(4-2)7-9-11;1-3-2;3*1-2/h4-11H,1H2,2-3H3;6-9H,3-5H2,1-2H3;3H2,1-2H3;1-2H3;2*1-2H2. The summed E-state index contributed by atoms with van der Waals surface area (Å²) in [6.07, 6.45) is 4.85. The summed E-state index contributed by atoms with van der Waals surface area (Å²) in [6.45, 7) is 32.8. The van der Waals surface area contributed by atoms with E-state index < -0.39 is 0 Å². The fourth-order valence-electron chi connectivity index (χ4n) is 3.06. The van der Waals surface area contributed by atoms with Gasteiger partial charge in [0.1, 0.15) is 0 Å². The van der Waals surface area contributed by atoms with E-state index in [0.29, 0.717) is 0 Å². The van der Waals surface area contributed by atoms with E-state index in [1.54, 1.807) is 0 Å². The first kappa shape index (κ1) is 37.4. The third-order valence-corrected chi connectivity index (χ3v) is 4.80. The van der Waals surface area contributed by atoms with Crippen molar-refractivity contribution < 1.29 is 0 Å². The minimum Gasteiger partial charge on any atom is -0.106 e. The summed E-state index contributed by atoms with van der Waals surface area (Å²) < 4.78 is 0. The molecule has 0 fully saturated rings. The van der Waals surface area contributed by atoms with Gasteiger partial charge in [-0.3, -0.25) is 0 Å². The number of hydrogen-bond donors (Lipinski definition) is 0. The van der Waals surface area contributed by atoms with E-state index in [9.17, 15) is 0 Å². The minimum absolute atomic E-state index is 1.11. The van der Waals surface area contributed by atoms with Gasteiger partial charge in [-0.1, -0.05) is 139 Å². The molecule has 0 bridgehead atoms. The average Bonchev–Trinajstić information content (AvgIpc) is 2.94. The van der Waals surface area contributed by atoms with Crippen molar-refractivity contribution in [3.8, 4) is 11.1 Å². The lowest BCUT2D eigenvalue weighted by Crippen LogP contribution is -1.84. The summed E-state index contributed by atoms with van der Waals surface area (Å²) in [6, 6.07) is 26.0. The minimum atomic E-state index is 1.11. The molecule has 0 aromatic heterocycles. The molecule has 3 rings (SSSR count). The number of benzene rings is 3. The Morgan fingerprint density at radius 1 is 0.667 bits per heavy atom. The Morgan fingerprint density at radius 3 is 1.50 bits per heavy atom. The second kappa shape index (κ2) is 26.5. The largest absolute Gasteiger partial charge is 0.106 e. The summed E-state index contributed by atoms with van der Waals surface area (Å²) in [5.41, 5.74) is 9.09. The number of aryl methyl sites for hydroxylation is 3. The summed E-state index contributed by atoms with van der Waals surface area (Å²) in [7, 11) is 0. The second-order valence-corrected chi connectivity index (χ2v) is 7.80. The molecule has 0 aliphatic carbocycles. The van der Waals surface area contributed by atoms with Gasteiger partial charge in [-0.05, 0) is 60.1 Å². The summed E-state index contributed by atoms with van der Waals surface area (Å²) in [4.78, 5) is 0. The van der Waals surface area contributed by atoms with Crippen LogP contribution in [0.2, 0.25) is 0 Å². The van der Waals surface area contributed by atoms with Gasteiger partial charge < -0.3 is 0 Å². The van der Waals surface area contributed by atoms with E-state index in [1.807, 2.05) is 20.8 Å². The number of allylic oxidation sites excluding steroid dienone is 1. The SMILES string of the molecule is C=C.C=C.C=C(C)c1ccc(-c2ccccc2C)cc1.CC.CCC.CCCc1ccc(CC)cc1. The smallest absolute Gasteiger partial charge is 0.0155 e. The fraction of sp³-hybridized carbons (Fsp3) is 0.333. The first-order chi connectivity index (χ1) is 17.5. The molecule has 0 heteroatoms. The molecule has 0 radical (unpaired) electrons. The van der Waals surface area contributed by atoms with Gasteiger partial charge in [0.2, 0.25) is 0 Å². The van der Waals surface area contributed by atoms with Crippen molar-refractivity contribution in [1.29, 1.82) is 0 Å². The topological polar surface area (TPSA) is 0 Å². The third kappa shape index (κ3) is 16.5. The van der Waals surface area contributed by atoms with Crippen LogP contribution >= 0.6 is 0 Å². The zero-order valence-corrected chi connectivity index (χ0v) is 24.8. The first-order valence-electron chi connectivity index (χ1n) is 13.4. The zero-order valence-electron chi connectivity index (χ0n) is 24.8. The van der Waals surface area contributed by atoms with Crippen LogP contribution in [0.15, 0.2) is 106 Å². The normalized spacial score (nSPS) is 8.44. The summed E-state index contributed by atoms with van der Waals surface area (Å²) in [5, 5.41) is 0. The molecular weight excluding hydrogens is 432 g/mol. The van der Waals surface area contributed by atoms with Gasteiger partial charge in [0.15, 0.2) is 0 Å². The maximum Gasteiger partial charge on any atom is -0.0155 e. The predicted octanol–water partition coefficient (Wildman–Crippen LogP) is 11.9. The molecule has 0 N–H and O–H groups in total. The molecule has 36 heavy (non-hydrogen) atoms. The highest BCUT2D eigenvalue weighted by Crippen LogP contribution is 2.24. The monoisotopic (exact) mass is 486 g/mol. The van der Waals surface area contributed by atoms with Crippen LogP contribution in [-0.2, 0) is 12.8 Å². The molecule has 0 aliphatic heterocycles. The molecule has 0 saturated heterocycles. The van der Waals surface area contributed by atoms with Crippen LogP contribution in [0.1, 0.15) is 83.6 Å². The molecule has 3 aromatic carbocycles. The molecular formula is C36H54. The van der Waals surface area contributed by atoms with E-state index in [0.717, 1.165) is 12.0 Å². The van der Waals surface area contributed by atoms with E-state index >= 15 is 0 Å². The average molecular weight is 487 g/mol. The molecule has 0 amide bonds. The first-order valence-corrected chi connectivity index (χ1v) is 13.4. The summed E-state index contributed by atoms with van der Waals surface area (Å²) in [5.74, 6) is 0. The van der Waals surface area contributed by atoms with Crippen molar-refractivity contribution in [3.63, 3.8) is 0 Å². The van der Waals surface area contributed by atoms with Crippen LogP contribution in [0.5, 0.6) is 0 Å². The van der Waals surface area contributed by atoms with E-state index in [1.165, 1.54) is 52.6 Å². The van der Waals surface area contributed by atoms with Gasteiger partial charge in [-0.2, -0.15) is 0 Å². The van der Waals surface area contributed by atoms with Crippen molar-refractivity contribution in [2.75, 3.05) is 0 Å². The van der Waals surface area contributed by atoms with Crippen molar-refractivity contribution in [2.24, 2.45) is 0 Å². The summed E-state index contributed by atoms with van der Waals surface area (Å²) >= 11 is 0. The van der Waals surface area contributed by atoms with Crippen LogP contribution < -0.4 is 0 Å². The van der Waals surface area contributed by atoms with E-state index in [2.05, 4.69) is 140 Å². The van der Waals surface area contributed by atoms with Crippen LogP contribution in [-0.4, -0.2) is 0 Å². The molecule has 0 heterocycles. The lowest BCUT2D eigenvalue weighted by Gasteiger charge is -2.07. The molecule has 0 atom stereocenters. The molecule has 0 aliphatic rings. The van der Waals surface area contributed by atoms with Crippen molar-refractivity contribution in [1.82, 2.24) is 0 Å². The predicted molar refractivity (Wildman–Crippen MR) is 171 cm³/mol. The Bertz CT molecular complexity index is 880.